The van der Waals surface area contributed by atoms with Crippen molar-refractivity contribution >= 4 is 39.8 Å². The summed E-state index contributed by atoms with van der Waals surface area (Å²) in [6.07, 6.45) is 0. The lowest BCUT2D eigenvalue weighted by atomic mass is 9.58. The molecule has 0 saturated carbocycles. The summed E-state index contributed by atoms with van der Waals surface area (Å²) in [5.74, 6) is 0. The summed E-state index contributed by atoms with van der Waals surface area (Å²) in [6.45, 7) is 6.58. The number of hydrogen-bond acceptors (Lipinski definition) is 0. The van der Waals surface area contributed by atoms with Gasteiger partial charge in [0.2, 0.25) is 0 Å². The van der Waals surface area contributed by atoms with Crippen molar-refractivity contribution < 1.29 is 0 Å². The maximum Gasteiger partial charge on any atom is 0.193 e. The van der Waals surface area contributed by atoms with Gasteiger partial charge in [0.25, 0.3) is 0 Å². The van der Waals surface area contributed by atoms with Crippen molar-refractivity contribution in [3.05, 3.63) is 83.4 Å². The molecule has 0 saturated heterocycles. The third-order valence-electron chi connectivity index (χ3n) is 4.84. The van der Waals surface area contributed by atoms with E-state index in [1.807, 2.05) is 0 Å². The first-order valence-corrected chi connectivity index (χ1v) is 8.46. The van der Waals surface area contributed by atoms with Crippen LogP contribution in [0.1, 0.15) is 16.7 Å². The van der Waals surface area contributed by atoms with E-state index >= 15 is 0 Å². The molecule has 0 N–H and O–H groups in total. The Labute approximate surface area is 144 Å². The molecule has 0 heterocycles. The lowest BCUT2D eigenvalue weighted by Gasteiger charge is -2.15. The molecule has 4 aromatic rings. The van der Waals surface area contributed by atoms with Gasteiger partial charge in [-0.25, -0.2) is 0 Å². The molecule has 4 rings (SSSR count). The summed E-state index contributed by atoms with van der Waals surface area (Å²) in [5.41, 5.74) is 6.65. The van der Waals surface area contributed by atoms with Gasteiger partial charge < -0.3 is 0 Å². The van der Waals surface area contributed by atoms with Gasteiger partial charge in [0.05, 0.1) is 0 Å². The van der Waals surface area contributed by atoms with Gasteiger partial charge in [0.1, 0.15) is 0 Å². The summed E-state index contributed by atoms with van der Waals surface area (Å²) in [4.78, 5) is 0. The van der Waals surface area contributed by atoms with E-state index in [9.17, 15) is 0 Å². The molecule has 0 aliphatic heterocycles. The smallest absolute Gasteiger partial charge is 0.0756 e. The van der Waals surface area contributed by atoms with E-state index < -0.39 is 0 Å². The molecule has 0 amide bonds. The highest BCUT2D eigenvalue weighted by molar-refractivity contribution is 6.73. The maximum absolute atomic E-state index is 2.37. The fraction of sp³-hybridized carbons (Fsp3) is 0.130. The van der Waals surface area contributed by atoms with Crippen LogP contribution in [0.25, 0.3) is 21.5 Å². The highest BCUT2D eigenvalue weighted by atomic mass is 14.1. The molecule has 24 heavy (non-hydrogen) atoms. The lowest BCUT2D eigenvalue weighted by Crippen LogP contribution is -2.32. The Balaban J connectivity index is 2.01. The van der Waals surface area contributed by atoms with Crippen molar-refractivity contribution in [1.82, 2.24) is 0 Å². The molecular weight excluding hydrogens is 287 g/mol. The van der Waals surface area contributed by atoms with Crippen molar-refractivity contribution in [2.45, 2.75) is 20.8 Å². The Hall–Kier alpha value is -2.54. The second-order valence-electron chi connectivity index (χ2n) is 6.69. The summed E-state index contributed by atoms with van der Waals surface area (Å²) >= 11 is 0. The molecule has 0 aromatic heterocycles. The van der Waals surface area contributed by atoms with Gasteiger partial charge in [0, 0.05) is 0 Å². The van der Waals surface area contributed by atoms with Crippen LogP contribution in [0.2, 0.25) is 0 Å². The molecule has 0 aliphatic rings. The Morgan fingerprint density at radius 2 is 1.08 bits per heavy atom. The third-order valence-corrected chi connectivity index (χ3v) is 4.84. The highest BCUT2D eigenvalue weighted by Gasteiger charge is 2.12. The molecule has 0 unspecified atom stereocenters. The average Bonchev–Trinajstić information content (AvgIpc) is 2.57. The van der Waals surface area contributed by atoms with Crippen LogP contribution in [0.15, 0.2) is 66.7 Å². The first-order valence-electron chi connectivity index (χ1n) is 8.46. The standard InChI is InChI=1S/C23H20B/c1-15-12-16(2)22(17(3)13-15)24-23-20-10-6-4-8-18(20)14-19-9-5-7-11-21(19)23/h4-14H,1-3H3. The van der Waals surface area contributed by atoms with Crippen LogP contribution in [-0.4, -0.2) is 7.28 Å². The molecule has 0 atom stereocenters. The van der Waals surface area contributed by atoms with E-state index in [4.69, 9.17) is 0 Å². The van der Waals surface area contributed by atoms with Crippen molar-refractivity contribution in [3.63, 3.8) is 0 Å². The van der Waals surface area contributed by atoms with Gasteiger partial charge in [-0.2, -0.15) is 0 Å². The summed E-state index contributed by atoms with van der Waals surface area (Å²) < 4.78 is 0. The first kappa shape index (κ1) is 15.0. The lowest BCUT2D eigenvalue weighted by molar-refractivity contribution is 1.35. The van der Waals surface area contributed by atoms with Crippen LogP contribution in [0, 0.1) is 20.8 Å². The van der Waals surface area contributed by atoms with Crippen LogP contribution in [0.3, 0.4) is 0 Å². The molecule has 0 bridgehead atoms. The predicted octanol–water partition coefficient (Wildman–Crippen LogP) is 4.57. The summed E-state index contributed by atoms with van der Waals surface area (Å²) in [5, 5.41) is 5.22. The van der Waals surface area contributed by atoms with Crippen LogP contribution < -0.4 is 10.9 Å². The average molecular weight is 307 g/mol. The monoisotopic (exact) mass is 307 g/mol. The number of rotatable bonds is 2. The van der Waals surface area contributed by atoms with Gasteiger partial charge >= 0.3 is 0 Å². The van der Waals surface area contributed by atoms with E-state index in [0.717, 1.165) is 0 Å². The molecule has 1 radical (unpaired) electrons. The zero-order valence-corrected chi connectivity index (χ0v) is 14.4. The molecule has 0 aliphatic carbocycles. The van der Waals surface area contributed by atoms with E-state index in [0.29, 0.717) is 0 Å². The zero-order valence-electron chi connectivity index (χ0n) is 14.4. The minimum Gasteiger partial charge on any atom is -0.0756 e. The second-order valence-corrected chi connectivity index (χ2v) is 6.69. The van der Waals surface area contributed by atoms with Crippen LogP contribution in [-0.2, 0) is 0 Å². The van der Waals surface area contributed by atoms with Crippen molar-refractivity contribution in [3.8, 4) is 0 Å². The van der Waals surface area contributed by atoms with Gasteiger partial charge in [-0.05, 0) is 48.4 Å². The fourth-order valence-corrected chi connectivity index (χ4v) is 3.77. The summed E-state index contributed by atoms with van der Waals surface area (Å²) in [6, 6.07) is 24.2. The number of fused-ring (bicyclic) bond motifs is 2. The Morgan fingerprint density at radius 3 is 1.62 bits per heavy atom. The van der Waals surface area contributed by atoms with Gasteiger partial charge in [0.15, 0.2) is 7.28 Å². The molecule has 115 valence electrons. The van der Waals surface area contributed by atoms with Crippen molar-refractivity contribution in [2.75, 3.05) is 0 Å². The van der Waals surface area contributed by atoms with Gasteiger partial charge in [-0.3, -0.25) is 0 Å². The number of aryl methyl sites for hydroxylation is 3. The molecule has 1 heteroatoms. The third kappa shape index (κ3) is 2.51. The van der Waals surface area contributed by atoms with E-state index in [1.165, 1.54) is 49.2 Å². The van der Waals surface area contributed by atoms with Crippen molar-refractivity contribution in [2.24, 2.45) is 0 Å². The Kier molecular flexibility index (Phi) is 3.65. The van der Waals surface area contributed by atoms with Gasteiger partial charge in [-0.15, -0.1) is 0 Å². The number of benzene rings is 4. The van der Waals surface area contributed by atoms with Gasteiger partial charge in [-0.1, -0.05) is 88.3 Å². The zero-order chi connectivity index (χ0) is 16.7. The molecule has 4 aromatic carbocycles. The normalized spacial score (nSPS) is 11.1. The van der Waals surface area contributed by atoms with E-state index in [1.54, 1.807) is 0 Å². The number of hydrogen-bond donors (Lipinski definition) is 0. The minimum absolute atomic E-state index is 1.30. The molecule has 0 fully saturated rings. The molecular formula is C23H20B. The van der Waals surface area contributed by atoms with E-state index in [2.05, 4.69) is 94.8 Å². The van der Waals surface area contributed by atoms with Crippen molar-refractivity contribution in [1.29, 1.82) is 0 Å². The fourth-order valence-electron chi connectivity index (χ4n) is 3.77. The highest BCUT2D eigenvalue weighted by Crippen LogP contribution is 2.21. The van der Waals surface area contributed by atoms with Crippen LogP contribution in [0.5, 0.6) is 0 Å². The largest absolute Gasteiger partial charge is 0.193 e. The minimum atomic E-state index is 1.30. The SMILES string of the molecule is Cc1cc(C)c([B]c2c3ccccc3cc3ccccc23)c(C)c1. The second kappa shape index (κ2) is 5.83. The topological polar surface area (TPSA) is 0 Å². The Morgan fingerprint density at radius 1 is 0.583 bits per heavy atom. The maximum atomic E-state index is 2.37. The van der Waals surface area contributed by atoms with E-state index in [-0.39, 0.29) is 0 Å². The summed E-state index contributed by atoms with van der Waals surface area (Å²) in [7, 11) is 2.37. The Bertz CT molecular complexity index is 983. The molecule has 0 nitrogen and oxygen atoms in total. The molecule has 0 spiro atoms. The van der Waals surface area contributed by atoms with Crippen LogP contribution >= 0.6 is 0 Å². The first-order chi connectivity index (χ1) is 11.6. The predicted molar refractivity (Wildman–Crippen MR) is 107 cm³/mol. The quantitative estimate of drug-likeness (QED) is 0.376. The van der Waals surface area contributed by atoms with Crippen LogP contribution in [0.4, 0.5) is 0 Å².